The molecule has 1 aromatic carbocycles. The van der Waals surface area contributed by atoms with Gasteiger partial charge >= 0.3 is 6.03 Å². The van der Waals surface area contributed by atoms with Crippen LogP contribution in [-0.4, -0.2) is 56.5 Å². The van der Waals surface area contributed by atoms with E-state index >= 15 is 0 Å². The molecule has 0 atom stereocenters. The van der Waals surface area contributed by atoms with Crippen molar-refractivity contribution in [1.29, 1.82) is 0 Å². The van der Waals surface area contributed by atoms with Crippen molar-refractivity contribution in [3.05, 3.63) is 35.9 Å². The minimum Gasteiger partial charge on any atom is -0.383 e. The van der Waals surface area contributed by atoms with Gasteiger partial charge < -0.3 is 15.4 Å². The highest BCUT2D eigenvalue weighted by atomic mass is 16.5. The molecule has 2 rings (SSSR count). The predicted octanol–water partition coefficient (Wildman–Crippen LogP) is 0.510. The maximum atomic E-state index is 12.7. The van der Waals surface area contributed by atoms with Gasteiger partial charge in [0.1, 0.15) is 0 Å². The van der Waals surface area contributed by atoms with E-state index in [4.69, 9.17) is 4.74 Å². The van der Waals surface area contributed by atoms with Gasteiger partial charge in [0.25, 0.3) is 0 Å². The van der Waals surface area contributed by atoms with Crippen LogP contribution in [0.15, 0.2) is 30.3 Å². The van der Waals surface area contributed by atoms with Crippen molar-refractivity contribution in [2.24, 2.45) is 0 Å². The van der Waals surface area contributed by atoms with Gasteiger partial charge in [-0.3, -0.25) is 29.8 Å². The zero-order valence-corrected chi connectivity index (χ0v) is 18.2. The lowest BCUT2D eigenvalue weighted by atomic mass is 9.73. The van der Waals surface area contributed by atoms with Crippen molar-refractivity contribution >= 4 is 29.7 Å². The van der Waals surface area contributed by atoms with E-state index in [2.05, 4.69) is 21.3 Å². The molecule has 0 spiro atoms. The third-order valence-corrected chi connectivity index (χ3v) is 5.23. The molecule has 1 saturated heterocycles. The first-order chi connectivity index (χ1) is 15.4. The van der Waals surface area contributed by atoms with Gasteiger partial charge in [0, 0.05) is 33.0 Å². The lowest BCUT2D eigenvalue weighted by Crippen LogP contribution is -2.64. The number of urea groups is 1. The first kappa shape index (κ1) is 25.0. The predicted molar refractivity (Wildman–Crippen MR) is 115 cm³/mol. The number of benzene rings is 1. The smallest absolute Gasteiger partial charge is 0.328 e. The minimum atomic E-state index is -1.49. The Balaban J connectivity index is 1.76. The van der Waals surface area contributed by atoms with Crippen molar-refractivity contribution in [3.8, 4) is 0 Å². The van der Waals surface area contributed by atoms with E-state index < -0.39 is 23.3 Å². The number of rotatable bonds is 13. The zero-order valence-electron chi connectivity index (χ0n) is 18.2. The van der Waals surface area contributed by atoms with E-state index in [9.17, 15) is 24.0 Å². The molecule has 6 amide bonds. The highest BCUT2D eigenvalue weighted by Crippen LogP contribution is 2.32. The largest absolute Gasteiger partial charge is 0.383 e. The fraction of sp³-hybridized carbons (Fsp3) is 0.500. The van der Waals surface area contributed by atoms with Crippen LogP contribution < -0.4 is 21.3 Å². The molecule has 4 N–H and O–H groups in total. The van der Waals surface area contributed by atoms with Crippen LogP contribution in [0, 0.1) is 0 Å². The average Bonchev–Trinajstić information content (AvgIpc) is 2.76. The van der Waals surface area contributed by atoms with E-state index in [0.717, 1.165) is 0 Å². The Kier molecular flexibility index (Phi) is 9.80. The van der Waals surface area contributed by atoms with E-state index in [1.54, 1.807) is 37.4 Å². The van der Waals surface area contributed by atoms with Crippen LogP contribution in [0.5, 0.6) is 0 Å². The fourth-order valence-electron chi connectivity index (χ4n) is 3.53. The summed E-state index contributed by atoms with van der Waals surface area (Å²) in [5, 5.41) is 9.85. The highest BCUT2D eigenvalue weighted by Gasteiger charge is 2.51. The summed E-state index contributed by atoms with van der Waals surface area (Å²) in [6, 6.07) is 7.77. The third kappa shape index (κ3) is 6.88. The van der Waals surface area contributed by atoms with Crippen molar-refractivity contribution in [3.63, 3.8) is 0 Å². The summed E-state index contributed by atoms with van der Waals surface area (Å²) < 4.78 is 4.85. The van der Waals surface area contributed by atoms with Gasteiger partial charge in [-0.15, -0.1) is 0 Å². The second kappa shape index (κ2) is 12.6. The molecule has 1 aliphatic heterocycles. The molecule has 0 saturated carbocycles. The second-order valence-electron chi connectivity index (χ2n) is 7.51. The van der Waals surface area contributed by atoms with Gasteiger partial charge in [0.05, 0.1) is 6.61 Å². The molecule has 0 aliphatic carbocycles. The van der Waals surface area contributed by atoms with Gasteiger partial charge in [-0.25, -0.2) is 4.79 Å². The number of nitrogens with one attached hydrogen (secondary N) is 4. The van der Waals surface area contributed by atoms with E-state index in [-0.39, 0.29) is 31.1 Å². The summed E-state index contributed by atoms with van der Waals surface area (Å²) >= 11 is 0. The molecule has 10 heteroatoms. The number of carbonyl (C=O) groups excluding carboxylic acids is 5. The van der Waals surface area contributed by atoms with Crippen molar-refractivity contribution in [2.75, 3.05) is 26.8 Å². The van der Waals surface area contributed by atoms with Gasteiger partial charge in [-0.2, -0.15) is 0 Å². The number of hydrogen-bond acceptors (Lipinski definition) is 6. The Labute approximate surface area is 186 Å². The summed E-state index contributed by atoms with van der Waals surface area (Å²) in [4.78, 5) is 60.4. The Hall–Kier alpha value is -3.27. The number of amides is 6. The standard InChI is InChI=1S/C22H30N4O6/c1-32-15-14-24-18(28)11-7-10-17(27)23-13-6-5-12-22(16-8-3-2-4-9-16)19(29)25-21(31)26-20(22)30/h2-4,8-9H,5-7,10-15H2,1H3,(H,23,27)(H,24,28)(H2,25,26,29,30,31). The van der Waals surface area contributed by atoms with Gasteiger partial charge in [0.15, 0.2) is 5.41 Å². The molecule has 1 aliphatic rings. The topological polar surface area (TPSA) is 143 Å². The number of ether oxygens (including phenoxy) is 1. The molecule has 1 aromatic rings. The number of imide groups is 2. The van der Waals surface area contributed by atoms with E-state index in [1.807, 2.05) is 0 Å². The summed E-state index contributed by atoms with van der Waals surface area (Å²) in [6.45, 7) is 1.26. The second-order valence-corrected chi connectivity index (χ2v) is 7.51. The van der Waals surface area contributed by atoms with Crippen LogP contribution in [0.3, 0.4) is 0 Å². The summed E-state index contributed by atoms with van der Waals surface area (Å²) in [5.41, 5.74) is -0.981. The molecule has 0 unspecified atom stereocenters. The van der Waals surface area contributed by atoms with Crippen molar-refractivity contribution < 1.29 is 28.7 Å². The average molecular weight is 447 g/mol. The van der Waals surface area contributed by atoms with Crippen molar-refractivity contribution in [1.82, 2.24) is 21.3 Å². The molecule has 10 nitrogen and oxygen atoms in total. The zero-order chi connectivity index (χ0) is 23.4. The molecule has 174 valence electrons. The quantitative estimate of drug-likeness (QED) is 0.257. The SMILES string of the molecule is COCCNC(=O)CCCC(=O)NCCCCC1(c2ccccc2)C(=O)NC(=O)NC1=O. The highest BCUT2D eigenvalue weighted by molar-refractivity contribution is 6.22. The van der Waals surface area contributed by atoms with Gasteiger partial charge in [-0.05, 0) is 31.2 Å². The molecule has 0 radical (unpaired) electrons. The molecule has 32 heavy (non-hydrogen) atoms. The maximum absolute atomic E-state index is 12.7. The monoisotopic (exact) mass is 446 g/mol. The van der Waals surface area contributed by atoms with Crippen LogP contribution in [0.2, 0.25) is 0 Å². The molecule has 1 fully saturated rings. The Bertz CT molecular complexity index is 807. The number of carbonyl (C=O) groups is 5. The van der Waals surface area contributed by atoms with Crippen LogP contribution >= 0.6 is 0 Å². The molecule has 0 bridgehead atoms. The molecule has 0 aromatic heterocycles. The lowest BCUT2D eigenvalue weighted by molar-refractivity contribution is -0.139. The molecular weight excluding hydrogens is 416 g/mol. The number of methoxy groups -OCH3 is 1. The van der Waals surface area contributed by atoms with Crippen LogP contribution in [0.1, 0.15) is 44.1 Å². The van der Waals surface area contributed by atoms with Crippen LogP contribution in [0.4, 0.5) is 4.79 Å². The molecular formula is C22H30N4O6. The van der Waals surface area contributed by atoms with Gasteiger partial charge in [-0.1, -0.05) is 30.3 Å². The normalized spacial score (nSPS) is 15.0. The van der Waals surface area contributed by atoms with Crippen LogP contribution in [-0.2, 0) is 29.3 Å². The van der Waals surface area contributed by atoms with E-state index in [0.29, 0.717) is 44.5 Å². The van der Waals surface area contributed by atoms with Crippen LogP contribution in [0.25, 0.3) is 0 Å². The Morgan fingerprint density at radius 1 is 0.875 bits per heavy atom. The van der Waals surface area contributed by atoms with Gasteiger partial charge in [0.2, 0.25) is 23.6 Å². The number of barbiturate groups is 1. The first-order valence-electron chi connectivity index (χ1n) is 10.6. The number of unbranched alkanes of at least 4 members (excludes halogenated alkanes) is 1. The Morgan fingerprint density at radius 3 is 2.06 bits per heavy atom. The summed E-state index contributed by atoms with van der Waals surface area (Å²) in [6.07, 6.45) is 2.16. The lowest BCUT2D eigenvalue weighted by Gasteiger charge is -2.34. The maximum Gasteiger partial charge on any atom is 0.328 e. The summed E-state index contributed by atoms with van der Waals surface area (Å²) in [7, 11) is 1.55. The van der Waals surface area contributed by atoms with E-state index in [1.165, 1.54) is 0 Å². The minimum absolute atomic E-state index is 0.122. The third-order valence-electron chi connectivity index (χ3n) is 5.23. The fourth-order valence-corrected chi connectivity index (χ4v) is 3.53. The van der Waals surface area contributed by atoms with Crippen molar-refractivity contribution in [2.45, 2.75) is 43.9 Å². The Morgan fingerprint density at radius 2 is 1.47 bits per heavy atom. The summed E-state index contributed by atoms with van der Waals surface area (Å²) in [5.74, 6) is -1.58. The molecule has 1 heterocycles. The number of hydrogen-bond donors (Lipinski definition) is 4. The first-order valence-corrected chi connectivity index (χ1v) is 10.6.